The molecule has 0 spiro atoms. The minimum atomic E-state index is -4.77. The Morgan fingerprint density at radius 1 is 0.373 bits per heavy atom. The quantitative estimate of drug-likeness (QED) is 0.0888. The Balaban J connectivity index is 1.53. The predicted molar refractivity (Wildman–Crippen MR) is 211 cm³/mol. The third-order valence-electron chi connectivity index (χ3n) is 11.6. The van der Waals surface area contributed by atoms with Crippen molar-refractivity contribution >= 4 is 47.3 Å². The number of benzene rings is 6. The van der Waals surface area contributed by atoms with Crippen molar-refractivity contribution in [2.75, 3.05) is 0 Å². The highest BCUT2D eigenvalue weighted by Gasteiger charge is 2.45. The number of aryl methyl sites for hydroxylation is 2. The summed E-state index contributed by atoms with van der Waals surface area (Å²) in [5.74, 6) is 0. The molecule has 6 aromatic carbocycles. The molecule has 0 amide bonds. The third-order valence-corrected chi connectivity index (χ3v) is 20.5. The maximum Gasteiger partial charge on any atom is 0.416 e. The normalized spacial score (nSPS) is 13.7. The van der Waals surface area contributed by atoms with Crippen LogP contribution in [0.4, 0.5) is 52.7 Å². The van der Waals surface area contributed by atoms with Crippen LogP contribution in [0.3, 0.4) is 0 Å². The topological polar surface area (TPSA) is 0 Å². The second-order valence-electron chi connectivity index (χ2n) is 15.4. The largest absolute Gasteiger partial charge is 0.416 e. The molecular weight excluding hydrogens is 825 g/mol. The lowest BCUT2D eigenvalue weighted by Gasteiger charge is -2.33. The van der Waals surface area contributed by atoms with Crippen LogP contribution < -0.4 is 31.1 Å². The molecular formula is C45H34F12Si2. The lowest BCUT2D eigenvalue weighted by molar-refractivity contribution is -0.138. The summed E-state index contributed by atoms with van der Waals surface area (Å²) in [5.41, 5.74) is -0.0809. The SMILES string of the molecule is Cc1cc2c(c([Si](C)(c3cccc(C(F)(F)F)c3)c3cccc(C(F)(F)F)c3)c1)Cc1c-2cc(C)cc1[Si](C)(c1cccc(C(F)(F)F)c1)c1cccc(C(F)(F)F)c1. The van der Waals surface area contributed by atoms with E-state index in [1.165, 1.54) is 48.5 Å². The first-order valence-electron chi connectivity index (χ1n) is 18.3. The van der Waals surface area contributed by atoms with E-state index in [0.717, 1.165) is 48.5 Å². The van der Waals surface area contributed by atoms with E-state index in [1.807, 2.05) is 12.1 Å². The van der Waals surface area contributed by atoms with Crippen molar-refractivity contribution < 1.29 is 52.7 Å². The molecule has 0 atom stereocenters. The van der Waals surface area contributed by atoms with Gasteiger partial charge in [0.2, 0.25) is 0 Å². The van der Waals surface area contributed by atoms with Gasteiger partial charge in [-0.1, -0.05) is 121 Å². The molecule has 0 unspecified atom stereocenters. The summed E-state index contributed by atoms with van der Waals surface area (Å²) in [7, 11) is -7.65. The van der Waals surface area contributed by atoms with Crippen molar-refractivity contribution in [3.63, 3.8) is 0 Å². The Labute approximate surface area is 334 Å². The van der Waals surface area contributed by atoms with Gasteiger partial charge in [-0.15, -0.1) is 0 Å². The molecule has 0 nitrogen and oxygen atoms in total. The fourth-order valence-electron chi connectivity index (χ4n) is 8.54. The third kappa shape index (κ3) is 7.54. The number of alkyl halides is 12. The van der Waals surface area contributed by atoms with Gasteiger partial charge in [-0.05, 0) is 97.9 Å². The molecule has 0 aromatic heterocycles. The Morgan fingerprint density at radius 3 is 0.864 bits per heavy atom. The highest BCUT2D eigenvalue weighted by Crippen LogP contribution is 2.40. The van der Waals surface area contributed by atoms with Gasteiger partial charge in [0.15, 0.2) is 0 Å². The van der Waals surface area contributed by atoms with Gasteiger partial charge in [0.05, 0.1) is 22.3 Å². The lowest BCUT2D eigenvalue weighted by atomic mass is 10.0. The van der Waals surface area contributed by atoms with Gasteiger partial charge in [0, 0.05) is 0 Å². The maximum atomic E-state index is 14.2. The first kappa shape index (κ1) is 42.1. The molecule has 1 aliphatic carbocycles. The van der Waals surface area contributed by atoms with Crippen LogP contribution in [0.15, 0.2) is 121 Å². The minimum absolute atomic E-state index is 0.0664. The van der Waals surface area contributed by atoms with Crippen LogP contribution in [0.1, 0.15) is 44.5 Å². The summed E-state index contributed by atoms with van der Waals surface area (Å²) in [6.45, 7) is 6.92. The Hall–Kier alpha value is -5.09. The van der Waals surface area contributed by atoms with Crippen LogP contribution in [0.2, 0.25) is 13.1 Å². The first-order valence-corrected chi connectivity index (χ1v) is 23.3. The minimum Gasteiger partial charge on any atom is -0.166 e. The second kappa shape index (κ2) is 14.3. The maximum absolute atomic E-state index is 14.2. The summed E-state index contributed by atoms with van der Waals surface area (Å²) in [4.78, 5) is 0. The van der Waals surface area contributed by atoms with E-state index in [-0.39, 0.29) is 27.2 Å². The summed E-state index contributed by atoms with van der Waals surface area (Å²) >= 11 is 0. The molecule has 306 valence electrons. The van der Waals surface area contributed by atoms with Gasteiger partial charge in [0.25, 0.3) is 0 Å². The summed E-state index contributed by atoms with van der Waals surface area (Å²) in [5, 5.41) is 1.84. The Morgan fingerprint density at radius 2 is 0.627 bits per heavy atom. The fraction of sp³-hybridized carbons (Fsp3) is 0.200. The molecule has 0 fully saturated rings. The Kier molecular flexibility index (Phi) is 10.2. The van der Waals surface area contributed by atoms with E-state index in [4.69, 9.17) is 0 Å². The van der Waals surface area contributed by atoms with Gasteiger partial charge in [0.1, 0.15) is 16.1 Å². The van der Waals surface area contributed by atoms with Crippen molar-refractivity contribution in [3.8, 4) is 11.1 Å². The van der Waals surface area contributed by atoms with Gasteiger partial charge in [-0.3, -0.25) is 0 Å². The smallest absolute Gasteiger partial charge is 0.166 e. The van der Waals surface area contributed by atoms with Crippen molar-refractivity contribution in [3.05, 3.63) is 166 Å². The Bertz CT molecular complexity index is 2300. The molecule has 0 aliphatic heterocycles. The molecule has 0 heterocycles. The van der Waals surface area contributed by atoms with Gasteiger partial charge in [-0.25, -0.2) is 0 Å². The van der Waals surface area contributed by atoms with Crippen LogP contribution in [-0.4, -0.2) is 16.1 Å². The van der Waals surface area contributed by atoms with Crippen molar-refractivity contribution in [2.24, 2.45) is 0 Å². The predicted octanol–water partition coefficient (Wildman–Crippen LogP) is 10.1. The lowest BCUT2D eigenvalue weighted by Crippen LogP contribution is -2.66. The number of hydrogen-bond donors (Lipinski definition) is 0. The van der Waals surface area contributed by atoms with E-state index < -0.39 is 63.1 Å². The first-order chi connectivity index (χ1) is 27.3. The standard InChI is InChI=1S/C45H34F12Si2/c1-26-17-36-37-18-27(2)20-41(59(4,34-15-7-11-30(23-34)44(52,53)54)35-16-8-12-31(24-35)45(55,56)57)39(37)25-38(36)40(19-26)58(3,32-13-5-9-28(21-32)42(46,47)48)33-14-6-10-29(22-33)43(49,50)51/h5-24H,25H2,1-4H3. The van der Waals surface area contributed by atoms with Gasteiger partial charge < -0.3 is 0 Å². The monoisotopic (exact) mass is 858 g/mol. The number of halogens is 12. The van der Waals surface area contributed by atoms with Crippen LogP contribution in [-0.2, 0) is 31.1 Å². The van der Waals surface area contributed by atoms with Gasteiger partial charge >= 0.3 is 24.7 Å². The van der Waals surface area contributed by atoms with E-state index in [9.17, 15) is 52.7 Å². The number of hydrogen-bond acceptors (Lipinski definition) is 0. The van der Waals surface area contributed by atoms with Crippen LogP contribution in [0, 0.1) is 13.8 Å². The molecule has 14 heteroatoms. The summed E-state index contributed by atoms with van der Waals surface area (Å²) in [6.07, 6.45) is -19.0. The summed E-state index contributed by atoms with van der Waals surface area (Å²) < 4.78 is 171. The van der Waals surface area contributed by atoms with E-state index in [2.05, 4.69) is 0 Å². The molecule has 6 aromatic rings. The van der Waals surface area contributed by atoms with Crippen molar-refractivity contribution in [2.45, 2.75) is 58.1 Å². The average molecular weight is 859 g/mol. The van der Waals surface area contributed by atoms with Crippen LogP contribution in [0.5, 0.6) is 0 Å². The van der Waals surface area contributed by atoms with Gasteiger partial charge in [-0.2, -0.15) is 52.7 Å². The van der Waals surface area contributed by atoms with Crippen molar-refractivity contribution in [1.29, 1.82) is 0 Å². The zero-order valence-corrected chi connectivity index (χ0v) is 33.8. The fourth-order valence-corrected chi connectivity index (χ4v) is 16.6. The molecule has 7 rings (SSSR count). The zero-order valence-electron chi connectivity index (χ0n) is 31.8. The molecule has 0 saturated heterocycles. The van der Waals surface area contributed by atoms with Crippen LogP contribution >= 0.6 is 0 Å². The molecule has 1 aliphatic rings. The number of fused-ring (bicyclic) bond motifs is 3. The molecule has 0 N–H and O–H groups in total. The van der Waals surface area contributed by atoms with Crippen molar-refractivity contribution in [1.82, 2.24) is 0 Å². The average Bonchev–Trinajstić information content (AvgIpc) is 3.53. The molecule has 0 bridgehead atoms. The van der Waals surface area contributed by atoms with E-state index in [0.29, 0.717) is 43.8 Å². The highest BCUT2D eigenvalue weighted by atomic mass is 28.3. The van der Waals surface area contributed by atoms with Crippen LogP contribution in [0.25, 0.3) is 11.1 Å². The second-order valence-corrected chi connectivity index (χ2v) is 23.3. The summed E-state index contributed by atoms with van der Waals surface area (Å²) in [6, 6.07) is 25.6. The highest BCUT2D eigenvalue weighted by molar-refractivity contribution is 7.11. The number of rotatable bonds is 6. The molecule has 59 heavy (non-hydrogen) atoms. The van der Waals surface area contributed by atoms with E-state index >= 15 is 0 Å². The molecule has 0 saturated carbocycles. The molecule has 0 radical (unpaired) electrons. The van der Waals surface area contributed by atoms with E-state index in [1.54, 1.807) is 39.1 Å². The zero-order chi connectivity index (χ0) is 43.1.